The van der Waals surface area contributed by atoms with E-state index in [2.05, 4.69) is 64.0 Å². The maximum Gasteiger partial charge on any atom is 0.0619 e. The maximum atomic E-state index is 5.96. The van der Waals surface area contributed by atoms with Crippen molar-refractivity contribution in [3.8, 4) is 0 Å². The van der Waals surface area contributed by atoms with E-state index < -0.39 is 0 Å². The van der Waals surface area contributed by atoms with Gasteiger partial charge in [-0.25, -0.2) is 0 Å². The number of nitrogens with zero attached hydrogens (tertiary/aromatic N) is 1. The van der Waals surface area contributed by atoms with Gasteiger partial charge >= 0.3 is 0 Å². The summed E-state index contributed by atoms with van der Waals surface area (Å²) < 4.78 is 5.96. The smallest absolute Gasteiger partial charge is 0.0619 e. The number of benzene rings is 1. The summed E-state index contributed by atoms with van der Waals surface area (Å²) in [6.45, 7) is 7.86. The third-order valence-corrected chi connectivity index (χ3v) is 4.22. The van der Waals surface area contributed by atoms with Crippen LogP contribution in [0.5, 0.6) is 0 Å². The number of rotatable bonds is 3. The van der Waals surface area contributed by atoms with Crippen molar-refractivity contribution in [2.75, 3.05) is 25.6 Å². The molecule has 0 N–H and O–H groups in total. The summed E-state index contributed by atoms with van der Waals surface area (Å²) in [4.78, 5) is 2.13. The molecule has 1 aromatic rings. The SMILES string of the molecule is CN(C)c1ccc(C[C@@H]2C[C@H](C(C)(C)C)CO2)cc1. The molecule has 1 aliphatic rings. The normalized spacial score (nSPS) is 23.6. The first kappa shape index (κ1) is 14.4. The summed E-state index contributed by atoms with van der Waals surface area (Å²) in [7, 11) is 4.14. The third-order valence-electron chi connectivity index (χ3n) is 4.22. The van der Waals surface area contributed by atoms with E-state index in [9.17, 15) is 0 Å². The van der Waals surface area contributed by atoms with Gasteiger partial charge < -0.3 is 9.64 Å². The lowest BCUT2D eigenvalue weighted by Crippen LogP contribution is -2.20. The molecule has 1 heterocycles. The highest BCUT2D eigenvalue weighted by molar-refractivity contribution is 5.46. The lowest BCUT2D eigenvalue weighted by molar-refractivity contribution is 0.0971. The van der Waals surface area contributed by atoms with Crippen molar-refractivity contribution >= 4 is 5.69 Å². The lowest BCUT2D eigenvalue weighted by atomic mass is 9.79. The summed E-state index contributed by atoms with van der Waals surface area (Å²) in [5.74, 6) is 0.693. The van der Waals surface area contributed by atoms with E-state index in [4.69, 9.17) is 4.74 Å². The molecule has 1 fully saturated rings. The molecule has 1 aromatic carbocycles. The zero-order chi connectivity index (χ0) is 14.0. The van der Waals surface area contributed by atoms with Crippen LogP contribution >= 0.6 is 0 Å². The fraction of sp³-hybridized carbons (Fsp3) is 0.647. The van der Waals surface area contributed by atoms with Gasteiger partial charge in [0.15, 0.2) is 0 Å². The van der Waals surface area contributed by atoms with E-state index in [1.165, 1.54) is 17.7 Å². The van der Waals surface area contributed by atoms with Gasteiger partial charge in [0, 0.05) is 19.8 Å². The van der Waals surface area contributed by atoms with Crippen molar-refractivity contribution in [2.45, 2.75) is 39.7 Å². The van der Waals surface area contributed by atoms with Crippen LogP contribution in [0.1, 0.15) is 32.8 Å². The first-order valence-electron chi connectivity index (χ1n) is 7.24. The van der Waals surface area contributed by atoms with Gasteiger partial charge in [-0.1, -0.05) is 32.9 Å². The summed E-state index contributed by atoms with van der Waals surface area (Å²) in [6, 6.07) is 8.82. The van der Waals surface area contributed by atoms with Crippen LogP contribution in [0.25, 0.3) is 0 Å². The highest BCUT2D eigenvalue weighted by Crippen LogP contribution is 2.36. The summed E-state index contributed by atoms with van der Waals surface area (Å²) in [5, 5.41) is 0. The molecule has 0 amide bonds. The summed E-state index contributed by atoms with van der Waals surface area (Å²) >= 11 is 0. The second-order valence-corrected chi connectivity index (χ2v) is 7.02. The van der Waals surface area contributed by atoms with Crippen LogP contribution in [-0.4, -0.2) is 26.8 Å². The van der Waals surface area contributed by atoms with Crippen LogP contribution in [0.15, 0.2) is 24.3 Å². The molecule has 1 aliphatic heterocycles. The zero-order valence-corrected chi connectivity index (χ0v) is 12.9. The molecule has 0 aromatic heterocycles. The predicted molar refractivity (Wildman–Crippen MR) is 81.8 cm³/mol. The number of ether oxygens (including phenoxy) is 1. The van der Waals surface area contributed by atoms with Crippen molar-refractivity contribution in [3.63, 3.8) is 0 Å². The fourth-order valence-corrected chi connectivity index (χ4v) is 2.64. The fourth-order valence-electron chi connectivity index (χ4n) is 2.64. The Hall–Kier alpha value is -1.02. The van der Waals surface area contributed by atoms with E-state index in [0.29, 0.717) is 17.4 Å². The maximum absolute atomic E-state index is 5.96. The predicted octanol–water partition coefficient (Wildman–Crippen LogP) is 3.75. The topological polar surface area (TPSA) is 12.5 Å². The second kappa shape index (κ2) is 5.54. The van der Waals surface area contributed by atoms with Crippen LogP contribution in [0.2, 0.25) is 0 Å². The highest BCUT2D eigenvalue weighted by atomic mass is 16.5. The Morgan fingerprint density at radius 2 is 1.79 bits per heavy atom. The van der Waals surface area contributed by atoms with Gasteiger partial charge in [0.2, 0.25) is 0 Å². The van der Waals surface area contributed by atoms with E-state index in [1.807, 2.05) is 0 Å². The Morgan fingerprint density at radius 3 is 2.26 bits per heavy atom. The van der Waals surface area contributed by atoms with E-state index >= 15 is 0 Å². The van der Waals surface area contributed by atoms with Crippen LogP contribution in [0.4, 0.5) is 5.69 Å². The zero-order valence-electron chi connectivity index (χ0n) is 12.9. The van der Waals surface area contributed by atoms with Gasteiger partial charge in [-0.3, -0.25) is 0 Å². The molecule has 19 heavy (non-hydrogen) atoms. The molecule has 2 atom stereocenters. The Labute approximate surface area is 117 Å². The largest absolute Gasteiger partial charge is 0.378 e. The molecule has 0 saturated carbocycles. The van der Waals surface area contributed by atoms with E-state index in [-0.39, 0.29) is 0 Å². The van der Waals surface area contributed by atoms with Crippen LogP contribution < -0.4 is 4.90 Å². The average Bonchev–Trinajstić information content (AvgIpc) is 2.78. The van der Waals surface area contributed by atoms with Crippen molar-refractivity contribution in [3.05, 3.63) is 29.8 Å². The average molecular weight is 261 g/mol. The van der Waals surface area contributed by atoms with E-state index in [1.54, 1.807) is 0 Å². The van der Waals surface area contributed by atoms with Crippen molar-refractivity contribution in [1.82, 2.24) is 0 Å². The Morgan fingerprint density at radius 1 is 1.16 bits per heavy atom. The quantitative estimate of drug-likeness (QED) is 0.821. The van der Waals surface area contributed by atoms with Gasteiger partial charge in [0.05, 0.1) is 12.7 Å². The van der Waals surface area contributed by atoms with Crippen molar-refractivity contribution in [2.24, 2.45) is 11.3 Å². The molecule has 0 unspecified atom stereocenters. The molecule has 1 saturated heterocycles. The molecule has 2 nitrogen and oxygen atoms in total. The molecule has 2 heteroatoms. The summed E-state index contributed by atoms with van der Waals surface area (Å²) in [5.41, 5.74) is 3.00. The highest BCUT2D eigenvalue weighted by Gasteiger charge is 2.33. The van der Waals surface area contributed by atoms with Crippen LogP contribution in [0, 0.1) is 11.3 Å². The molecular formula is C17H27NO. The number of anilines is 1. The van der Waals surface area contributed by atoms with Gasteiger partial charge in [-0.05, 0) is 41.9 Å². The first-order chi connectivity index (χ1) is 8.86. The molecule has 0 spiro atoms. The lowest BCUT2D eigenvalue weighted by Gasteiger charge is -2.25. The Balaban J connectivity index is 1.92. The second-order valence-electron chi connectivity index (χ2n) is 7.02. The van der Waals surface area contributed by atoms with Gasteiger partial charge in [-0.2, -0.15) is 0 Å². The van der Waals surface area contributed by atoms with Gasteiger partial charge in [0.25, 0.3) is 0 Å². The molecular weight excluding hydrogens is 234 g/mol. The Bertz CT molecular complexity index is 402. The van der Waals surface area contributed by atoms with Crippen LogP contribution in [0.3, 0.4) is 0 Å². The molecule has 0 bridgehead atoms. The molecule has 106 valence electrons. The minimum Gasteiger partial charge on any atom is -0.378 e. The molecule has 2 rings (SSSR count). The molecule has 0 radical (unpaired) electrons. The van der Waals surface area contributed by atoms with Crippen LogP contribution in [-0.2, 0) is 11.2 Å². The minimum atomic E-state index is 0.365. The monoisotopic (exact) mass is 261 g/mol. The number of hydrogen-bond donors (Lipinski definition) is 0. The first-order valence-corrected chi connectivity index (χ1v) is 7.24. The van der Waals surface area contributed by atoms with Crippen molar-refractivity contribution in [1.29, 1.82) is 0 Å². The van der Waals surface area contributed by atoms with E-state index in [0.717, 1.165) is 13.0 Å². The van der Waals surface area contributed by atoms with Gasteiger partial charge in [-0.15, -0.1) is 0 Å². The molecule has 0 aliphatic carbocycles. The third kappa shape index (κ3) is 3.73. The minimum absolute atomic E-state index is 0.365. The number of hydrogen-bond acceptors (Lipinski definition) is 2. The van der Waals surface area contributed by atoms with Gasteiger partial charge in [0.1, 0.15) is 0 Å². The standard InChI is InChI=1S/C17H27NO/c1-17(2,3)14-11-16(19-12-14)10-13-6-8-15(9-7-13)18(4)5/h6-9,14,16H,10-12H2,1-5H3/t14-,16+/m0/s1. The van der Waals surface area contributed by atoms with Crippen molar-refractivity contribution < 1.29 is 4.74 Å². The Kier molecular flexibility index (Phi) is 4.19. The summed E-state index contributed by atoms with van der Waals surface area (Å²) in [6.07, 6.45) is 2.63.